The molecule has 1 heterocycles. The third-order valence-electron chi connectivity index (χ3n) is 3.99. The van der Waals surface area contributed by atoms with E-state index >= 15 is 0 Å². The van der Waals surface area contributed by atoms with Gasteiger partial charge >= 0.3 is 0 Å². The molecule has 2 fully saturated rings. The van der Waals surface area contributed by atoms with E-state index in [1.807, 2.05) is 12.3 Å². The molecule has 98 valence electrons. The van der Waals surface area contributed by atoms with Crippen LogP contribution in [-0.2, 0) is 0 Å². The maximum Gasteiger partial charge on any atom is 0.191 e. The molecule has 5 nitrogen and oxygen atoms in total. The van der Waals surface area contributed by atoms with Gasteiger partial charge in [0.15, 0.2) is 5.16 Å². The van der Waals surface area contributed by atoms with E-state index in [2.05, 4.69) is 20.7 Å². The van der Waals surface area contributed by atoms with Crippen molar-refractivity contribution in [3.8, 4) is 0 Å². The van der Waals surface area contributed by atoms with Crippen molar-refractivity contribution in [2.75, 3.05) is 23.5 Å². The fourth-order valence-electron chi connectivity index (χ4n) is 2.53. The van der Waals surface area contributed by atoms with Crippen molar-refractivity contribution in [3.63, 3.8) is 0 Å². The maximum absolute atomic E-state index is 5.42. The Labute approximate surface area is 111 Å². The molecular weight excluding hydrogens is 246 g/mol. The normalized spacial score (nSPS) is 20.6. The van der Waals surface area contributed by atoms with E-state index < -0.39 is 0 Å². The summed E-state index contributed by atoms with van der Waals surface area (Å²) in [5.74, 6) is 7.90. The van der Waals surface area contributed by atoms with E-state index in [1.54, 1.807) is 0 Å². The predicted molar refractivity (Wildman–Crippen MR) is 74.5 cm³/mol. The van der Waals surface area contributed by atoms with Crippen LogP contribution in [-0.4, -0.2) is 22.8 Å². The van der Waals surface area contributed by atoms with Crippen molar-refractivity contribution < 1.29 is 0 Å². The first kappa shape index (κ1) is 12.0. The predicted octanol–water partition coefficient (Wildman–Crippen LogP) is 2.09. The highest BCUT2D eigenvalue weighted by Crippen LogP contribution is 2.61. The SMILES string of the molecule is CSc1nc(NN)cc(NCC2(C3CC3)CC2)n1. The molecule has 0 aromatic carbocycles. The lowest BCUT2D eigenvalue weighted by atomic mass is 10.0. The first-order valence-corrected chi connectivity index (χ1v) is 7.62. The zero-order chi connectivity index (χ0) is 12.6. The molecule has 6 heteroatoms. The van der Waals surface area contributed by atoms with Crippen molar-refractivity contribution in [2.24, 2.45) is 17.2 Å². The largest absolute Gasteiger partial charge is 0.369 e. The molecule has 0 atom stereocenters. The number of anilines is 2. The molecule has 3 rings (SSSR count). The molecule has 2 saturated carbocycles. The van der Waals surface area contributed by atoms with Crippen LogP contribution in [0, 0.1) is 11.3 Å². The van der Waals surface area contributed by atoms with Crippen LogP contribution in [0.1, 0.15) is 25.7 Å². The van der Waals surface area contributed by atoms with Crippen LogP contribution in [0.15, 0.2) is 11.2 Å². The van der Waals surface area contributed by atoms with Gasteiger partial charge in [0.2, 0.25) is 0 Å². The van der Waals surface area contributed by atoms with Crippen LogP contribution in [0.3, 0.4) is 0 Å². The van der Waals surface area contributed by atoms with Crippen molar-refractivity contribution in [1.82, 2.24) is 9.97 Å². The van der Waals surface area contributed by atoms with E-state index in [4.69, 9.17) is 5.84 Å². The number of nitrogen functional groups attached to an aromatic ring is 1. The molecule has 0 unspecified atom stereocenters. The molecule has 0 bridgehead atoms. The highest BCUT2D eigenvalue weighted by atomic mass is 32.2. The summed E-state index contributed by atoms with van der Waals surface area (Å²) in [6.07, 6.45) is 7.53. The number of hydrazine groups is 1. The molecule has 2 aliphatic rings. The smallest absolute Gasteiger partial charge is 0.191 e. The number of hydrogen-bond acceptors (Lipinski definition) is 6. The van der Waals surface area contributed by atoms with Gasteiger partial charge in [-0.2, -0.15) is 0 Å². The summed E-state index contributed by atoms with van der Waals surface area (Å²) in [6, 6.07) is 1.86. The molecule has 1 aromatic heterocycles. The van der Waals surface area contributed by atoms with E-state index in [-0.39, 0.29) is 0 Å². The molecule has 4 N–H and O–H groups in total. The zero-order valence-corrected chi connectivity index (χ0v) is 11.4. The number of nitrogens with two attached hydrogens (primary N) is 1. The van der Waals surface area contributed by atoms with Crippen LogP contribution in [0.5, 0.6) is 0 Å². The van der Waals surface area contributed by atoms with Gasteiger partial charge in [-0.25, -0.2) is 15.8 Å². The minimum Gasteiger partial charge on any atom is -0.369 e. The van der Waals surface area contributed by atoms with E-state index in [1.165, 1.54) is 37.4 Å². The van der Waals surface area contributed by atoms with E-state index in [9.17, 15) is 0 Å². The molecule has 1 aromatic rings. The first-order chi connectivity index (χ1) is 8.75. The number of nitrogens with zero attached hydrogens (tertiary/aromatic N) is 2. The van der Waals surface area contributed by atoms with Gasteiger partial charge in [-0.05, 0) is 43.3 Å². The van der Waals surface area contributed by atoms with Gasteiger partial charge in [0.25, 0.3) is 0 Å². The Kier molecular flexibility index (Phi) is 3.07. The lowest BCUT2D eigenvalue weighted by Crippen LogP contribution is -2.18. The summed E-state index contributed by atoms with van der Waals surface area (Å²) in [4.78, 5) is 8.71. The quantitative estimate of drug-likeness (QED) is 0.316. The van der Waals surface area contributed by atoms with Gasteiger partial charge in [-0.1, -0.05) is 11.8 Å². The van der Waals surface area contributed by atoms with Crippen molar-refractivity contribution in [3.05, 3.63) is 6.07 Å². The molecule has 0 radical (unpaired) electrons. The van der Waals surface area contributed by atoms with Crippen molar-refractivity contribution in [2.45, 2.75) is 30.8 Å². The number of rotatable bonds is 6. The Morgan fingerprint density at radius 1 is 1.39 bits per heavy atom. The molecule has 2 aliphatic carbocycles. The average Bonchev–Trinajstić information content (AvgIpc) is 3.28. The Morgan fingerprint density at radius 3 is 2.67 bits per heavy atom. The van der Waals surface area contributed by atoms with Gasteiger partial charge in [-0.3, -0.25) is 0 Å². The second kappa shape index (κ2) is 4.59. The number of thioether (sulfide) groups is 1. The Morgan fingerprint density at radius 2 is 2.11 bits per heavy atom. The lowest BCUT2D eigenvalue weighted by molar-refractivity contribution is 0.466. The fourth-order valence-corrected chi connectivity index (χ4v) is 2.91. The lowest BCUT2D eigenvalue weighted by Gasteiger charge is -2.16. The summed E-state index contributed by atoms with van der Waals surface area (Å²) < 4.78 is 0. The van der Waals surface area contributed by atoms with Crippen LogP contribution in [0.25, 0.3) is 0 Å². The van der Waals surface area contributed by atoms with Crippen molar-refractivity contribution in [1.29, 1.82) is 0 Å². The highest BCUT2D eigenvalue weighted by Gasteiger charge is 2.53. The highest BCUT2D eigenvalue weighted by molar-refractivity contribution is 7.98. The summed E-state index contributed by atoms with van der Waals surface area (Å²) in [6.45, 7) is 1.03. The number of nitrogens with one attached hydrogen (secondary N) is 2. The summed E-state index contributed by atoms with van der Waals surface area (Å²) in [5, 5.41) is 4.20. The maximum atomic E-state index is 5.42. The first-order valence-electron chi connectivity index (χ1n) is 6.39. The van der Waals surface area contributed by atoms with E-state index in [0.29, 0.717) is 11.2 Å². The second-order valence-corrected chi connectivity index (χ2v) is 6.03. The molecular formula is C12H19N5S. The van der Waals surface area contributed by atoms with Gasteiger partial charge in [0.1, 0.15) is 11.6 Å². The fraction of sp³-hybridized carbons (Fsp3) is 0.667. The van der Waals surface area contributed by atoms with Gasteiger partial charge < -0.3 is 10.7 Å². The minimum absolute atomic E-state index is 0.570. The van der Waals surface area contributed by atoms with Crippen molar-refractivity contribution >= 4 is 23.4 Å². The second-order valence-electron chi connectivity index (χ2n) is 5.26. The van der Waals surface area contributed by atoms with E-state index in [0.717, 1.165) is 23.4 Å². The molecule has 0 saturated heterocycles. The Balaban J connectivity index is 1.68. The molecule has 0 amide bonds. The minimum atomic E-state index is 0.570. The zero-order valence-electron chi connectivity index (χ0n) is 10.6. The summed E-state index contributed by atoms with van der Waals surface area (Å²) >= 11 is 1.52. The average molecular weight is 265 g/mol. The molecule has 18 heavy (non-hydrogen) atoms. The monoisotopic (exact) mass is 265 g/mol. The van der Waals surface area contributed by atoms with Gasteiger partial charge in [-0.15, -0.1) is 0 Å². The number of aromatic nitrogens is 2. The van der Waals surface area contributed by atoms with Gasteiger partial charge in [0.05, 0.1) is 0 Å². The Bertz CT molecular complexity index is 420. The van der Waals surface area contributed by atoms with Gasteiger partial charge in [0, 0.05) is 12.6 Å². The van der Waals surface area contributed by atoms with Crippen LogP contribution in [0.4, 0.5) is 11.6 Å². The summed E-state index contributed by atoms with van der Waals surface area (Å²) in [7, 11) is 0. The van der Waals surface area contributed by atoms with Crippen LogP contribution >= 0.6 is 11.8 Å². The van der Waals surface area contributed by atoms with Crippen LogP contribution < -0.4 is 16.6 Å². The summed E-state index contributed by atoms with van der Waals surface area (Å²) in [5.41, 5.74) is 3.16. The molecule has 0 aliphatic heterocycles. The standard InChI is InChI=1S/C12H19N5S/c1-18-11-15-9(6-10(16-11)17-13)14-7-12(4-5-12)8-2-3-8/h6,8H,2-5,7,13H2,1H3,(H2,14,15,16,17). The Hall–Kier alpha value is -1.01. The number of hydrogen-bond donors (Lipinski definition) is 3. The molecule has 0 spiro atoms. The van der Waals surface area contributed by atoms with Crippen LogP contribution in [0.2, 0.25) is 0 Å². The third-order valence-corrected chi connectivity index (χ3v) is 4.54. The third kappa shape index (κ3) is 2.40. The topological polar surface area (TPSA) is 75.9 Å².